The number of amides is 1. The summed E-state index contributed by atoms with van der Waals surface area (Å²) in [5.74, 6) is 0.819. The highest BCUT2D eigenvalue weighted by Gasteiger charge is 2.73. The van der Waals surface area contributed by atoms with Gasteiger partial charge in [-0.25, -0.2) is 0 Å². The van der Waals surface area contributed by atoms with Crippen LogP contribution in [0.25, 0.3) is 6.08 Å². The molecule has 7 nitrogen and oxygen atoms in total. The van der Waals surface area contributed by atoms with Gasteiger partial charge in [0.25, 0.3) is 0 Å². The van der Waals surface area contributed by atoms with Crippen molar-refractivity contribution in [2.45, 2.75) is 68.7 Å². The topological polar surface area (TPSA) is 86.4 Å². The number of furan rings is 1. The third-order valence-electron chi connectivity index (χ3n) is 8.91. The van der Waals surface area contributed by atoms with E-state index in [1.165, 1.54) is 0 Å². The van der Waals surface area contributed by atoms with Gasteiger partial charge in [0.1, 0.15) is 6.10 Å². The fourth-order valence-electron chi connectivity index (χ4n) is 7.46. The van der Waals surface area contributed by atoms with Gasteiger partial charge in [-0.2, -0.15) is 0 Å². The van der Waals surface area contributed by atoms with Gasteiger partial charge in [0.15, 0.2) is 11.5 Å². The third-order valence-corrected chi connectivity index (χ3v) is 8.91. The van der Waals surface area contributed by atoms with Crippen LogP contribution < -0.4 is 4.74 Å². The van der Waals surface area contributed by atoms with Crippen LogP contribution in [0.4, 0.5) is 0 Å². The van der Waals surface area contributed by atoms with Crippen LogP contribution in [-0.4, -0.2) is 69.8 Å². The molecule has 0 unspecified atom stereocenters. The summed E-state index contributed by atoms with van der Waals surface area (Å²) in [6.45, 7) is 5.65. The standard InChI is InChI=1S/C28H34N2O5/c1-17(2)15-30(23(32)7-4-18-9-13-34-16-18)20-8-10-28(33)22-14-19-5-6-21(31)25-24(19)27(28,26(20)35-25)11-12-29(22)3/h4-7,9,13,16-17,20,22,26,31,33H,8,10-12,14-15H2,1-3H3/b7-4+/t20-,22+,26-,27-,28+/m0/s1. The average Bonchev–Trinajstić information content (AvgIpc) is 3.46. The van der Waals surface area contributed by atoms with E-state index in [1.807, 2.05) is 17.0 Å². The number of carbonyl (C=O) groups is 1. The SMILES string of the molecule is CC(C)CN(C(=O)/C=C/c1ccoc1)[C@H]1CC[C@@]2(O)[C@H]3Cc4ccc(O)c5c4[C@@]2(CCN3C)[C@H]1O5. The first-order valence-electron chi connectivity index (χ1n) is 12.7. The number of aliphatic hydroxyl groups is 1. The van der Waals surface area contributed by atoms with E-state index in [0.717, 1.165) is 36.1 Å². The molecule has 1 saturated carbocycles. The molecule has 1 aromatic heterocycles. The summed E-state index contributed by atoms with van der Waals surface area (Å²) in [5, 5.41) is 23.2. The molecule has 2 fully saturated rings. The number of nitrogens with zero attached hydrogens (tertiary/aromatic N) is 2. The number of phenolic OH excluding ortho intramolecular Hbond substituents is 1. The fourth-order valence-corrected chi connectivity index (χ4v) is 7.46. The van der Waals surface area contributed by atoms with E-state index in [0.29, 0.717) is 25.1 Å². The van der Waals surface area contributed by atoms with E-state index < -0.39 is 17.1 Å². The van der Waals surface area contributed by atoms with Gasteiger partial charge in [0.2, 0.25) is 5.91 Å². The molecule has 2 aliphatic heterocycles. The minimum absolute atomic E-state index is 0.0125. The highest BCUT2D eigenvalue weighted by molar-refractivity contribution is 5.92. The third kappa shape index (κ3) is 3.07. The maximum Gasteiger partial charge on any atom is 0.246 e. The second kappa shape index (κ2) is 7.87. The van der Waals surface area contributed by atoms with E-state index in [9.17, 15) is 15.0 Å². The molecule has 2 aliphatic carbocycles. The zero-order chi connectivity index (χ0) is 24.5. The van der Waals surface area contributed by atoms with Gasteiger partial charge < -0.3 is 29.2 Å². The minimum atomic E-state index is -0.966. The molecule has 2 aromatic rings. The number of hydrogen-bond acceptors (Lipinski definition) is 6. The molecule has 4 aliphatic rings. The van der Waals surface area contributed by atoms with Crippen LogP contribution in [0.15, 0.2) is 41.2 Å². The summed E-state index contributed by atoms with van der Waals surface area (Å²) >= 11 is 0. The number of piperidine rings is 1. The molecule has 0 radical (unpaired) electrons. The average molecular weight is 479 g/mol. The van der Waals surface area contributed by atoms with E-state index in [4.69, 9.17) is 9.15 Å². The number of carbonyl (C=O) groups excluding carboxylic acids is 1. The molecular weight excluding hydrogens is 444 g/mol. The van der Waals surface area contributed by atoms with Crippen molar-refractivity contribution in [2.75, 3.05) is 20.1 Å². The molecule has 1 spiro atoms. The van der Waals surface area contributed by atoms with Crippen LogP contribution >= 0.6 is 0 Å². The predicted octanol–water partition coefficient (Wildman–Crippen LogP) is 3.34. The zero-order valence-electron chi connectivity index (χ0n) is 20.6. The lowest BCUT2D eigenvalue weighted by Gasteiger charge is -2.64. The fraction of sp³-hybridized carbons (Fsp3) is 0.536. The van der Waals surface area contributed by atoms with Crippen molar-refractivity contribution >= 4 is 12.0 Å². The molecule has 5 atom stereocenters. The summed E-state index contributed by atoms with van der Waals surface area (Å²) in [4.78, 5) is 17.8. The Morgan fingerprint density at radius 2 is 2.14 bits per heavy atom. The summed E-state index contributed by atoms with van der Waals surface area (Å²) in [5.41, 5.74) is 1.35. The Morgan fingerprint density at radius 1 is 1.31 bits per heavy atom. The van der Waals surface area contributed by atoms with Gasteiger partial charge in [-0.15, -0.1) is 0 Å². The van der Waals surface area contributed by atoms with Crippen LogP contribution in [0, 0.1) is 5.92 Å². The van der Waals surface area contributed by atoms with Gasteiger partial charge in [-0.05, 0) is 69.0 Å². The number of hydrogen-bond donors (Lipinski definition) is 2. The van der Waals surface area contributed by atoms with Crippen molar-refractivity contribution in [1.29, 1.82) is 0 Å². The molecule has 3 heterocycles. The number of phenols is 1. The highest BCUT2D eigenvalue weighted by atomic mass is 16.5. The molecule has 186 valence electrons. The lowest BCUT2D eigenvalue weighted by molar-refractivity contribution is -0.197. The molecule has 2 bridgehead atoms. The Morgan fingerprint density at radius 3 is 2.89 bits per heavy atom. The summed E-state index contributed by atoms with van der Waals surface area (Å²) in [7, 11) is 2.09. The number of benzene rings is 1. The van der Waals surface area contributed by atoms with Crippen LogP contribution in [-0.2, 0) is 16.6 Å². The van der Waals surface area contributed by atoms with Crippen LogP contribution in [0.3, 0.4) is 0 Å². The Hall–Kier alpha value is -2.77. The molecule has 1 saturated heterocycles. The number of likely N-dealkylation sites (tertiary alicyclic amines) is 1. The normalized spacial score (nSPS) is 33.1. The Kier molecular flexibility index (Phi) is 5.10. The second-order valence-electron chi connectivity index (χ2n) is 11.2. The first-order chi connectivity index (χ1) is 16.8. The number of aromatic hydroxyl groups is 1. The predicted molar refractivity (Wildman–Crippen MR) is 131 cm³/mol. The van der Waals surface area contributed by atoms with Gasteiger partial charge in [-0.1, -0.05) is 19.9 Å². The van der Waals surface area contributed by atoms with Crippen molar-refractivity contribution in [1.82, 2.24) is 9.80 Å². The maximum atomic E-state index is 13.6. The molecular formula is C28H34N2O5. The van der Waals surface area contributed by atoms with Gasteiger partial charge in [-0.3, -0.25) is 4.79 Å². The van der Waals surface area contributed by atoms with Crippen LogP contribution in [0.5, 0.6) is 11.5 Å². The van der Waals surface area contributed by atoms with Crippen molar-refractivity contribution in [3.05, 3.63) is 53.5 Å². The highest BCUT2D eigenvalue weighted by Crippen LogP contribution is 2.65. The second-order valence-corrected chi connectivity index (χ2v) is 11.2. The minimum Gasteiger partial charge on any atom is -0.504 e. The van der Waals surface area contributed by atoms with Gasteiger partial charge in [0.05, 0.1) is 29.6 Å². The van der Waals surface area contributed by atoms with Crippen LogP contribution in [0.2, 0.25) is 0 Å². The van der Waals surface area contributed by atoms with Crippen molar-refractivity contribution in [2.24, 2.45) is 5.92 Å². The van der Waals surface area contributed by atoms with E-state index >= 15 is 0 Å². The molecule has 6 rings (SSSR count). The summed E-state index contributed by atoms with van der Waals surface area (Å²) in [6, 6.07) is 5.30. The Bertz CT molecular complexity index is 1170. The lowest BCUT2D eigenvalue weighted by Crippen LogP contribution is -2.78. The Labute approximate surface area is 206 Å². The monoisotopic (exact) mass is 478 g/mol. The number of likely N-dealkylation sites (N-methyl/N-ethyl adjacent to an activating group) is 1. The molecule has 7 heteroatoms. The molecule has 35 heavy (non-hydrogen) atoms. The van der Waals surface area contributed by atoms with E-state index in [1.54, 1.807) is 30.7 Å². The smallest absolute Gasteiger partial charge is 0.246 e. The van der Waals surface area contributed by atoms with Gasteiger partial charge >= 0.3 is 0 Å². The lowest BCUT2D eigenvalue weighted by atomic mass is 9.48. The van der Waals surface area contributed by atoms with Crippen molar-refractivity contribution in [3.8, 4) is 11.5 Å². The van der Waals surface area contributed by atoms with Crippen molar-refractivity contribution < 1.29 is 24.2 Å². The molecule has 1 aromatic carbocycles. The molecule has 1 amide bonds. The maximum absolute atomic E-state index is 13.6. The van der Waals surface area contributed by atoms with E-state index in [-0.39, 0.29) is 29.7 Å². The number of rotatable bonds is 5. The zero-order valence-corrected chi connectivity index (χ0v) is 20.6. The quantitative estimate of drug-likeness (QED) is 0.641. The largest absolute Gasteiger partial charge is 0.504 e. The van der Waals surface area contributed by atoms with Crippen molar-refractivity contribution in [3.63, 3.8) is 0 Å². The van der Waals surface area contributed by atoms with E-state index in [2.05, 4.69) is 25.8 Å². The molecule has 2 N–H and O–H groups in total. The first kappa shape index (κ1) is 22.7. The van der Waals surface area contributed by atoms with Gasteiger partial charge in [0, 0.05) is 29.8 Å². The Balaban J connectivity index is 1.44. The summed E-state index contributed by atoms with van der Waals surface area (Å²) < 4.78 is 11.8. The number of ether oxygens (including phenoxy) is 1. The summed E-state index contributed by atoms with van der Waals surface area (Å²) in [6.07, 6.45) is 8.87. The first-order valence-corrected chi connectivity index (χ1v) is 12.7. The van der Waals surface area contributed by atoms with Crippen LogP contribution in [0.1, 0.15) is 49.8 Å².